The maximum absolute atomic E-state index is 10.8. The van der Waals surface area contributed by atoms with Crippen LogP contribution < -0.4 is 5.32 Å². The fourth-order valence-electron chi connectivity index (χ4n) is 0.953. The van der Waals surface area contributed by atoms with E-state index in [1.807, 2.05) is 0 Å². The quantitative estimate of drug-likeness (QED) is 0.236. The van der Waals surface area contributed by atoms with Crippen LogP contribution >= 0.6 is 0 Å². The Morgan fingerprint density at radius 1 is 1.00 bits per heavy atom. The molecule has 0 aromatic carbocycles. The van der Waals surface area contributed by atoms with Crippen molar-refractivity contribution < 1.29 is 35.1 Å². The van der Waals surface area contributed by atoms with E-state index in [0.717, 1.165) is 0 Å². The first kappa shape index (κ1) is 14.9. The Morgan fingerprint density at radius 2 is 1.25 bits per heavy atom. The van der Waals surface area contributed by atoms with Crippen molar-refractivity contribution in [3.63, 3.8) is 0 Å². The molecule has 1 heterocycles. The molecule has 6 N–H and O–H groups in total. The fourth-order valence-corrected chi connectivity index (χ4v) is 0.953. The van der Waals surface area contributed by atoms with E-state index in [1.54, 1.807) is 12.2 Å². The number of hydrogen-bond donors (Lipinski definition) is 6. The van der Waals surface area contributed by atoms with Gasteiger partial charge in [0, 0.05) is 6.61 Å². The predicted octanol–water partition coefficient (Wildman–Crippen LogP) is -3.91. The number of rotatable bonds is 0. The fraction of sp³-hybridized carbons (Fsp3) is 0.750. The second kappa shape index (κ2) is 6.51. The maximum atomic E-state index is 10.8. The zero-order chi connectivity index (χ0) is 12.9. The van der Waals surface area contributed by atoms with E-state index in [1.165, 1.54) is 0 Å². The molecular formula is C8H15NO7. The Bertz CT molecular complexity index is 233. The third-order valence-corrected chi connectivity index (χ3v) is 1.78. The molecule has 0 aromatic rings. The lowest BCUT2D eigenvalue weighted by Crippen LogP contribution is -2.45. The minimum absolute atomic E-state index is 0.250. The molecule has 1 aliphatic rings. The van der Waals surface area contributed by atoms with E-state index < -0.39 is 36.2 Å². The summed E-state index contributed by atoms with van der Waals surface area (Å²) in [5.41, 5.74) is 0. The Labute approximate surface area is 91.1 Å². The molecule has 8 heteroatoms. The molecule has 1 aliphatic heterocycles. The highest BCUT2D eigenvalue weighted by molar-refractivity contribution is 6.00. The van der Waals surface area contributed by atoms with Crippen LogP contribution in [-0.4, -0.2) is 68.4 Å². The van der Waals surface area contributed by atoms with Gasteiger partial charge in [0.15, 0.2) is 12.2 Å². The van der Waals surface area contributed by atoms with Crippen molar-refractivity contribution in [2.24, 2.45) is 0 Å². The summed E-state index contributed by atoms with van der Waals surface area (Å²) >= 11 is 0. The normalized spacial score (nSPS) is 34.6. The van der Waals surface area contributed by atoms with Crippen LogP contribution in [0, 0.1) is 0 Å². The first-order valence-electron chi connectivity index (χ1n) is 4.54. The summed E-state index contributed by atoms with van der Waals surface area (Å²) in [6, 6.07) is 0. The van der Waals surface area contributed by atoms with Crippen molar-refractivity contribution in [1.82, 2.24) is 5.32 Å². The molecule has 16 heavy (non-hydrogen) atoms. The Morgan fingerprint density at radius 3 is 1.50 bits per heavy atom. The van der Waals surface area contributed by atoms with Gasteiger partial charge in [-0.3, -0.25) is 14.9 Å². The van der Waals surface area contributed by atoms with Crippen molar-refractivity contribution >= 4 is 11.8 Å². The van der Waals surface area contributed by atoms with Crippen molar-refractivity contribution in [1.29, 1.82) is 0 Å². The second-order valence-corrected chi connectivity index (χ2v) is 3.04. The molecule has 1 rings (SSSR count). The predicted molar refractivity (Wildman–Crippen MR) is 49.9 cm³/mol. The van der Waals surface area contributed by atoms with Crippen LogP contribution in [0.3, 0.4) is 0 Å². The molecule has 0 aliphatic carbocycles. The monoisotopic (exact) mass is 237 g/mol. The minimum atomic E-state index is -1.92. The van der Waals surface area contributed by atoms with E-state index in [4.69, 9.17) is 25.5 Å². The van der Waals surface area contributed by atoms with Gasteiger partial charge in [0.25, 0.3) is 11.8 Å². The van der Waals surface area contributed by atoms with E-state index in [0.29, 0.717) is 0 Å². The van der Waals surface area contributed by atoms with Gasteiger partial charge < -0.3 is 25.5 Å². The SMILES string of the molecule is CCO.O=C1NC(=O)[C@H](O)[C@@H](O)[C@H](O)[C@@H]1O. The molecule has 1 saturated heterocycles. The number of amides is 2. The first-order chi connectivity index (χ1) is 7.36. The van der Waals surface area contributed by atoms with Crippen LogP contribution in [0.1, 0.15) is 6.92 Å². The molecule has 94 valence electrons. The lowest BCUT2D eigenvalue weighted by molar-refractivity contribution is -0.140. The van der Waals surface area contributed by atoms with Gasteiger partial charge in [0.1, 0.15) is 12.2 Å². The molecule has 0 saturated carbocycles. The molecule has 0 spiro atoms. The lowest BCUT2D eigenvalue weighted by Gasteiger charge is -2.19. The average Bonchev–Trinajstić information content (AvgIpc) is 2.29. The Hall–Kier alpha value is -1.06. The third kappa shape index (κ3) is 3.51. The molecule has 1 fully saturated rings. The Balaban J connectivity index is 0.000000673. The summed E-state index contributed by atoms with van der Waals surface area (Å²) in [6.45, 7) is 1.93. The topological polar surface area (TPSA) is 147 Å². The second-order valence-electron chi connectivity index (χ2n) is 3.04. The number of aliphatic hydroxyl groups is 5. The van der Waals surface area contributed by atoms with Gasteiger partial charge in [-0.05, 0) is 6.92 Å². The van der Waals surface area contributed by atoms with Gasteiger partial charge in [-0.25, -0.2) is 0 Å². The smallest absolute Gasteiger partial charge is 0.258 e. The summed E-state index contributed by atoms with van der Waals surface area (Å²) in [5.74, 6) is -2.29. The van der Waals surface area contributed by atoms with E-state index in [-0.39, 0.29) is 6.61 Å². The van der Waals surface area contributed by atoms with Crippen LogP contribution in [0.2, 0.25) is 0 Å². The van der Waals surface area contributed by atoms with E-state index in [2.05, 4.69) is 0 Å². The van der Waals surface area contributed by atoms with E-state index >= 15 is 0 Å². The molecule has 0 bridgehead atoms. The highest BCUT2D eigenvalue weighted by atomic mass is 16.4. The molecule has 0 aromatic heterocycles. The number of hydrogen-bond acceptors (Lipinski definition) is 7. The van der Waals surface area contributed by atoms with Gasteiger partial charge in [0.2, 0.25) is 0 Å². The van der Waals surface area contributed by atoms with Gasteiger partial charge in [-0.15, -0.1) is 0 Å². The lowest BCUT2D eigenvalue weighted by atomic mass is 10.1. The highest BCUT2D eigenvalue weighted by Crippen LogP contribution is 2.09. The zero-order valence-electron chi connectivity index (χ0n) is 8.57. The van der Waals surface area contributed by atoms with Crippen LogP contribution in [0.4, 0.5) is 0 Å². The Kier molecular flexibility index (Phi) is 6.08. The van der Waals surface area contributed by atoms with Crippen molar-refractivity contribution in [2.45, 2.75) is 31.3 Å². The van der Waals surface area contributed by atoms with Gasteiger partial charge >= 0.3 is 0 Å². The summed E-state index contributed by atoms with van der Waals surface area (Å²) in [4.78, 5) is 21.5. The standard InChI is InChI=1S/C6H9NO6.C2H6O/c8-1-2(9)4(11)6(13)7-5(12)3(1)10;1-2-3/h1-4,8-11H,(H,7,12,13);3H,2H2,1H3/t1-,2-,3-,4+;/m0./s1. The third-order valence-electron chi connectivity index (χ3n) is 1.78. The summed E-state index contributed by atoms with van der Waals surface area (Å²) in [7, 11) is 0. The van der Waals surface area contributed by atoms with Crippen LogP contribution in [0.25, 0.3) is 0 Å². The maximum Gasteiger partial charge on any atom is 0.258 e. The number of aliphatic hydroxyl groups excluding tert-OH is 5. The first-order valence-corrected chi connectivity index (χ1v) is 4.54. The number of imide groups is 1. The largest absolute Gasteiger partial charge is 0.397 e. The molecule has 8 nitrogen and oxygen atoms in total. The average molecular weight is 237 g/mol. The minimum Gasteiger partial charge on any atom is -0.397 e. The zero-order valence-corrected chi connectivity index (χ0v) is 8.57. The molecule has 0 unspecified atom stereocenters. The van der Waals surface area contributed by atoms with Gasteiger partial charge in [-0.2, -0.15) is 0 Å². The molecular weight excluding hydrogens is 222 g/mol. The summed E-state index contributed by atoms with van der Waals surface area (Å²) in [5, 5.41) is 45.1. The van der Waals surface area contributed by atoms with Gasteiger partial charge in [-0.1, -0.05) is 0 Å². The van der Waals surface area contributed by atoms with Crippen LogP contribution in [0.5, 0.6) is 0 Å². The molecule has 4 atom stereocenters. The molecule has 2 amide bonds. The van der Waals surface area contributed by atoms with E-state index in [9.17, 15) is 9.59 Å². The molecule has 0 radical (unpaired) electrons. The van der Waals surface area contributed by atoms with Crippen molar-refractivity contribution in [3.8, 4) is 0 Å². The summed E-state index contributed by atoms with van der Waals surface area (Å²) in [6.07, 6.45) is -7.59. The van der Waals surface area contributed by atoms with Crippen LogP contribution in [-0.2, 0) is 9.59 Å². The van der Waals surface area contributed by atoms with Crippen molar-refractivity contribution in [3.05, 3.63) is 0 Å². The summed E-state index contributed by atoms with van der Waals surface area (Å²) < 4.78 is 0. The highest BCUT2D eigenvalue weighted by Gasteiger charge is 2.42. The van der Waals surface area contributed by atoms with Gasteiger partial charge in [0.05, 0.1) is 0 Å². The van der Waals surface area contributed by atoms with Crippen molar-refractivity contribution in [2.75, 3.05) is 6.61 Å². The number of carbonyl (C=O) groups excluding carboxylic acids is 2. The number of carbonyl (C=O) groups is 2. The van der Waals surface area contributed by atoms with Crippen LogP contribution in [0.15, 0.2) is 0 Å². The number of nitrogens with one attached hydrogen (secondary N) is 1.